The molecule has 1 aromatic carbocycles. The van der Waals surface area contributed by atoms with Gasteiger partial charge in [0.2, 0.25) is 5.95 Å². The molecule has 0 bridgehead atoms. The predicted octanol–water partition coefficient (Wildman–Crippen LogP) is 3.37. The fourth-order valence-electron chi connectivity index (χ4n) is 4.20. The van der Waals surface area contributed by atoms with Gasteiger partial charge in [0.15, 0.2) is 0 Å². The van der Waals surface area contributed by atoms with Crippen molar-refractivity contribution in [3.05, 3.63) is 51.7 Å². The van der Waals surface area contributed by atoms with Gasteiger partial charge in [-0.3, -0.25) is 4.79 Å². The summed E-state index contributed by atoms with van der Waals surface area (Å²) in [6, 6.07) is 9.71. The summed E-state index contributed by atoms with van der Waals surface area (Å²) in [6.07, 6.45) is 3.07. The summed E-state index contributed by atoms with van der Waals surface area (Å²) in [5, 5.41) is 5.59. The molecule has 4 aromatic rings. The number of ether oxygens (including phenoxy) is 1. The molecule has 0 radical (unpaired) electrons. The number of anilines is 2. The summed E-state index contributed by atoms with van der Waals surface area (Å²) in [6.45, 7) is 1.60. The Labute approximate surface area is 195 Å². The second kappa shape index (κ2) is 8.70. The first-order chi connectivity index (χ1) is 16.1. The largest absolute Gasteiger partial charge is 0.468 e. The van der Waals surface area contributed by atoms with Crippen molar-refractivity contribution in [2.24, 2.45) is 5.73 Å². The standard InChI is InChI=1S/C23H25N7O2S/c1-29-11-4-3-8-16-20(25-13-14-7-6-12-33-14)27-22(28-21(16)29)30-17-10-5-9-15(19(24)31)18(17)26-23(30)32-2/h5-7,9-10,12H,3-4,8,11,13H2,1-2H3,(H2,24,31)(H,25,27,28). The molecule has 1 aliphatic rings. The first kappa shape index (κ1) is 21.2. The number of para-hydroxylation sites is 1. The fourth-order valence-corrected chi connectivity index (χ4v) is 4.84. The highest BCUT2D eigenvalue weighted by Crippen LogP contribution is 2.33. The number of benzene rings is 1. The van der Waals surface area contributed by atoms with Crippen LogP contribution in [-0.4, -0.2) is 46.1 Å². The number of fused-ring (bicyclic) bond motifs is 2. The molecule has 3 aromatic heterocycles. The van der Waals surface area contributed by atoms with Crippen molar-refractivity contribution in [3.8, 4) is 12.0 Å². The third kappa shape index (κ3) is 3.86. The highest BCUT2D eigenvalue weighted by atomic mass is 32.1. The van der Waals surface area contributed by atoms with Gasteiger partial charge >= 0.3 is 6.01 Å². The van der Waals surface area contributed by atoms with Crippen LogP contribution >= 0.6 is 11.3 Å². The van der Waals surface area contributed by atoms with Crippen molar-refractivity contribution in [3.63, 3.8) is 0 Å². The third-order valence-corrected chi connectivity index (χ3v) is 6.69. The van der Waals surface area contributed by atoms with Crippen LogP contribution in [0.3, 0.4) is 0 Å². The minimum absolute atomic E-state index is 0.291. The second-order valence-electron chi connectivity index (χ2n) is 7.96. The van der Waals surface area contributed by atoms with E-state index in [1.807, 2.05) is 12.1 Å². The van der Waals surface area contributed by atoms with E-state index in [-0.39, 0.29) is 0 Å². The number of nitrogens with one attached hydrogen (secondary N) is 1. The van der Waals surface area contributed by atoms with Gasteiger partial charge in [0, 0.05) is 24.0 Å². The molecule has 4 heterocycles. The maximum Gasteiger partial charge on any atom is 0.304 e. The number of methoxy groups -OCH3 is 1. The molecular formula is C23H25N7O2S. The van der Waals surface area contributed by atoms with Gasteiger partial charge in [-0.2, -0.15) is 15.0 Å². The van der Waals surface area contributed by atoms with E-state index in [1.54, 1.807) is 28.0 Å². The number of nitrogens with zero attached hydrogens (tertiary/aromatic N) is 5. The van der Waals surface area contributed by atoms with Gasteiger partial charge in [0.25, 0.3) is 5.91 Å². The Morgan fingerprint density at radius 3 is 2.85 bits per heavy atom. The number of primary amides is 1. The second-order valence-corrected chi connectivity index (χ2v) is 8.99. The number of nitrogens with two attached hydrogens (primary N) is 1. The van der Waals surface area contributed by atoms with Gasteiger partial charge in [-0.1, -0.05) is 12.1 Å². The maximum absolute atomic E-state index is 12.0. The zero-order chi connectivity index (χ0) is 22.9. The normalized spacial score (nSPS) is 13.6. The van der Waals surface area contributed by atoms with Crippen molar-refractivity contribution < 1.29 is 9.53 Å². The third-order valence-electron chi connectivity index (χ3n) is 5.82. The Bertz CT molecular complexity index is 1320. The summed E-state index contributed by atoms with van der Waals surface area (Å²) in [5.74, 6) is 1.57. The van der Waals surface area contributed by atoms with Crippen LogP contribution < -0.4 is 20.7 Å². The molecule has 0 unspecified atom stereocenters. The van der Waals surface area contributed by atoms with E-state index in [0.717, 1.165) is 43.0 Å². The van der Waals surface area contributed by atoms with Crippen LogP contribution in [0.5, 0.6) is 6.01 Å². The molecule has 33 heavy (non-hydrogen) atoms. The number of aromatic nitrogens is 4. The zero-order valence-corrected chi connectivity index (χ0v) is 19.4. The average molecular weight is 464 g/mol. The zero-order valence-electron chi connectivity index (χ0n) is 18.5. The molecule has 0 aliphatic carbocycles. The number of imidazole rings is 1. The monoisotopic (exact) mass is 463 g/mol. The lowest BCUT2D eigenvalue weighted by Crippen LogP contribution is -2.21. The number of rotatable bonds is 6. The molecule has 170 valence electrons. The topological polar surface area (TPSA) is 111 Å². The van der Waals surface area contributed by atoms with Crippen LogP contribution in [0.1, 0.15) is 33.6 Å². The fraction of sp³-hybridized carbons (Fsp3) is 0.304. The lowest BCUT2D eigenvalue weighted by molar-refractivity contribution is 0.100. The summed E-state index contributed by atoms with van der Waals surface area (Å²) >= 11 is 1.70. The van der Waals surface area contributed by atoms with Crippen molar-refractivity contribution in [1.29, 1.82) is 0 Å². The van der Waals surface area contributed by atoms with E-state index in [0.29, 0.717) is 35.1 Å². The molecular weight excluding hydrogens is 438 g/mol. The van der Waals surface area contributed by atoms with Gasteiger partial charge in [-0.15, -0.1) is 11.3 Å². The van der Waals surface area contributed by atoms with Crippen molar-refractivity contribution in [2.75, 3.05) is 30.9 Å². The highest BCUT2D eigenvalue weighted by molar-refractivity contribution is 7.09. The molecule has 5 rings (SSSR count). The minimum Gasteiger partial charge on any atom is -0.468 e. The Morgan fingerprint density at radius 1 is 1.21 bits per heavy atom. The molecule has 0 atom stereocenters. The first-order valence-electron chi connectivity index (χ1n) is 10.8. The van der Waals surface area contributed by atoms with Gasteiger partial charge in [0.1, 0.15) is 17.2 Å². The van der Waals surface area contributed by atoms with E-state index in [4.69, 9.17) is 20.4 Å². The molecule has 0 saturated heterocycles. The lowest BCUT2D eigenvalue weighted by atomic mass is 10.1. The highest BCUT2D eigenvalue weighted by Gasteiger charge is 2.24. The van der Waals surface area contributed by atoms with Crippen LogP contribution in [-0.2, 0) is 13.0 Å². The molecule has 0 saturated carbocycles. The van der Waals surface area contributed by atoms with Gasteiger partial charge < -0.3 is 20.7 Å². The minimum atomic E-state index is -0.547. The molecule has 9 nitrogen and oxygen atoms in total. The molecule has 0 fully saturated rings. The summed E-state index contributed by atoms with van der Waals surface area (Å²) in [7, 11) is 3.59. The van der Waals surface area contributed by atoms with Crippen molar-refractivity contribution >= 4 is 39.9 Å². The number of thiophene rings is 1. The quantitative estimate of drug-likeness (QED) is 0.451. The van der Waals surface area contributed by atoms with Gasteiger partial charge in [-0.05, 0) is 42.8 Å². The Kier molecular flexibility index (Phi) is 5.59. The molecule has 0 spiro atoms. The molecule has 10 heteroatoms. The lowest BCUT2D eigenvalue weighted by Gasteiger charge is -2.21. The van der Waals surface area contributed by atoms with Crippen LogP contribution in [0.25, 0.3) is 17.0 Å². The smallest absolute Gasteiger partial charge is 0.304 e. The van der Waals surface area contributed by atoms with Crippen LogP contribution in [0.2, 0.25) is 0 Å². The van der Waals surface area contributed by atoms with E-state index in [1.165, 1.54) is 12.0 Å². The van der Waals surface area contributed by atoms with Gasteiger partial charge in [0.05, 0.1) is 24.7 Å². The van der Waals surface area contributed by atoms with E-state index < -0.39 is 5.91 Å². The number of hydrogen-bond acceptors (Lipinski definition) is 8. The van der Waals surface area contributed by atoms with Crippen molar-refractivity contribution in [2.45, 2.75) is 25.8 Å². The number of carbonyl (C=O) groups excluding carboxylic acids is 1. The summed E-state index contributed by atoms with van der Waals surface area (Å²) < 4.78 is 7.29. The molecule has 1 aliphatic heterocycles. The average Bonchev–Trinajstić information content (AvgIpc) is 3.43. The number of carbonyl (C=O) groups is 1. The first-order valence-corrected chi connectivity index (χ1v) is 11.7. The summed E-state index contributed by atoms with van der Waals surface area (Å²) in [4.78, 5) is 29.7. The summed E-state index contributed by atoms with van der Waals surface area (Å²) in [5.41, 5.74) is 8.13. The van der Waals surface area contributed by atoms with Crippen LogP contribution in [0.4, 0.5) is 11.6 Å². The predicted molar refractivity (Wildman–Crippen MR) is 130 cm³/mol. The Morgan fingerprint density at radius 2 is 2.09 bits per heavy atom. The van der Waals surface area contributed by atoms with Crippen LogP contribution in [0.15, 0.2) is 35.7 Å². The maximum atomic E-state index is 12.0. The van der Waals surface area contributed by atoms with Crippen LogP contribution in [0, 0.1) is 0 Å². The Hall–Kier alpha value is -3.66. The SMILES string of the molecule is COc1nc2c(C(N)=O)cccc2n1-c1nc(NCc2cccs2)c2c(n1)N(C)CCCC2. The Balaban J connectivity index is 1.70. The number of hydrogen-bond donors (Lipinski definition) is 2. The van der Waals surface area contributed by atoms with E-state index in [2.05, 4.69) is 33.7 Å². The van der Waals surface area contributed by atoms with Crippen molar-refractivity contribution in [1.82, 2.24) is 19.5 Å². The van der Waals surface area contributed by atoms with E-state index in [9.17, 15) is 4.79 Å². The number of amides is 1. The molecule has 3 N–H and O–H groups in total. The van der Waals surface area contributed by atoms with Gasteiger partial charge in [-0.25, -0.2) is 4.57 Å². The molecule has 1 amide bonds. The van der Waals surface area contributed by atoms with E-state index >= 15 is 0 Å².